The first-order valence-electron chi connectivity index (χ1n) is 5.91. The van der Waals surface area contributed by atoms with Crippen LogP contribution in [0.2, 0.25) is 0 Å². The minimum atomic E-state index is -0.396. The van der Waals surface area contributed by atoms with Crippen molar-refractivity contribution in [1.82, 2.24) is 4.98 Å². The molecule has 0 aliphatic carbocycles. The second kappa shape index (κ2) is 5.84. The average molecular weight is 276 g/mol. The fraction of sp³-hybridized carbons (Fsp3) is 0.286. The van der Waals surface area contributed by atoms with Crippen molar-refractivity contribution in [2.24, 2.45) is 0 Å². The number of aryl methyl sites for hydroxylation is 1. The number of thiazole rings is 1. The van der Waals surface area contributed by atoms with E-state index in [-0.39, 0.29) is 0 Å². The number of esters is 1. The SMILES string of the molecule is COC(=O)c1csc(N(C)Cc2ccccc2C)n1. The molecular formula is C14H16N2O2S. The number of methoxy groups -OCH3 is 1. The fourth-order valence-corrected chi connectivity index (χ4v) is 2.51. The standard InChI is InChI=1S/C14H16N2O2S/c1-10-6-4-5-7-11(10)8-16(2)14-15-12(9-19-14)13(17)18-3/h4-7,9H,8H2,1-3H3. The van der Waals surface area contributed by atoms with Crippen LogP contribution in [0.25, 0.3) is 0 Å². The summed E-state index contributed by atoms with van der Waals surface area (Å²) in [6, 6.07) is 8.24. The van der Waals surface area contributed by atoms with Crippen LogP contribution >= 0.6 is 11.3 Å². The topological polar surface area (TPSA) is 42.4 Å². The van der Waals surface area contributed by atoms with E-state index in [1.54, 1.807) is 5.38 Å². The van der Waals surface area contributed by atoms with Crippen LogP contribution in [0.3, 0.4) is 0 Å². The number of hydrogen-bond donors (Lipinski definition) is 0. The predicted octanol–water partition coefficient (Wildman–Crippen LogP) is 2.87. The van der Waals surface area contributed by atoms with Crippen LogP contribution in [-0.2, 0) is 11.3 Å². The number of nitrogens with zero attached hydrogens (tertiary/aromatic N) is 2. The molecule has 5 heteroatoms. The monoisotopic (exact) mass is 276 g/mol. The van der Waals surface area contributed by atoms with E-state index >= 15 is 0 Å². The molecule has 1 heterocycles. The smallest absolute Gasteiger partial charge is 0.357 e. The Balaban J connectivity index is 2.12. The van der Waals surface area contributed by atoms with Gasteiger partial charge in [0.25, 0.3) is 0 Å². The molecule has 0 fully saturated rings. The summed E-state index contributed by atoms with van der Waals surface area (Å²) >= 11 is 1.44. The van der Waals surface area contributed by atoms with Crippen LogP contribution in [0.4, 0.5) is 5.13 Å². The number of ether oxygens (including phenoxy) is 1. The quantitative estimate of drug-likeness (QED) is 0.805. The summed E-state index contributed by atoms with van der Waals surface area (Å²) in [5.74, 6) is -0.396. The third-order valence-corrected chi connectivity index (χ3v) is 3.84. The highest BCUT2D eigenvalue weighted by molar-refractivity contribution is 7.13. The number of rotatable bonds is 4. The number of aromatic nitrogens is 1. The molecule has 2 aromatic rings. The molecule has 0 aliphatic heterocycles. The number of hydrogen-bond acceptors (Lipinski definition) is 5. The predicted molar refractivity (Wildman–Crippen MR) is 76.7 cm³/mol. The Hall–Kier alpha value is -1.88. The first-order valence-corrected chi connectivity index (χ1v) is 6.79. The van der Waals surface area contributed by atoms with Crippen molar-refractivity contribution in [2.75, 3.05) is 19.1 Å². The molecule has 0 unspecified atom stereocenters. The highest BCUT2D eigenvalue weighted by atomic mass is 32.1. The third kappa shape index (κ3) is 3.12. The van der Waals surface area contributed by atoms with Crippen molar-refractivity contribution < 1.29 is 9.53 Å². The van der Waals surface area contributed by atoms with E-state index in [0.29, 0.717) is 5.69 Å². The van der Waals surface area contributed by atoms with Gasteiger partial charge in [0.2, 0.25) is 0 Å². The zero-order valence-electron chi connectivity index (χ0n) is 11.2. The van der Waals surface area contributed by atoms with Crippen molar-refractivity contribution in [1.29, 1.82) is 0 Å². The molecule has 0 bridgehead atoms. The molecule has 0 amide bonds. The highest BCUT2D eigenvalue weighted by Crippen LogP contribution is 2.22. The molecule has 0 saturated carbocycles. The van der Waals surface area contributed by atoms with Gasteiger partial charge >= 0.3 is 5.97 Å². The van der Waals surface area contributed by atoms with E-state index in [0.717, 1.165) is 11.7 Å². The Labute approximate surface area is 116 Å². The van der Waals surface area contributed by atoms with Crippen molar-refractivity contribution >= 4 is 22.4 Å². The normalized spacial score (nSPS) is 10.3. The second-order valence-corrected chi connectivity index (χ2v) is 5.13. The van der Waals surface area contributed by atoms with Crippen molar-refractivity contribution in [3.8, 4) is 0 Å². The van der Waals surface area contributed by atoms with Crippen LogP contribution in [-0.4, -0.2) is 25.1 Å². The van der Waals surface area contributed by atoms with E-state index in [1.165, 1.54) is 29.6 Å². The Kier molecular flexibility index (Phi) is 4.16. The van der Waals surface area contributed by atoms with Gasteiger partial charge in [0.05, 0.1) is 7.11 Å². The van der Waals surface area contributed by atoms with Crippen LogP contribution < -0.4 is 4.90 Å². The average Bonchev–Trinajstić information content (AvgIpc) is 2.90. The van der Waals surface area contributed by atoms with Crippen molar-refractivity contribution in [2.45, 2.75) is 13.5 Å². The van der Waals surface area contributed by atoms with Gasteiger partial charge in [-0.1, -0.05) is 24.3 Å². The minimum Gasteiger partial charge on any atom is -0.464 e. The Bertz CT molecular complexity index is 580. The zero-order valence-corrected chi connectivity index (χ0v) is 12.0. The second-order valence-electron chi connectivity index (χ2n) is 4.29. The van der Waals surface area contributed by atoms with Crippen LogP contribution in [0.1, 0.15) is 21.6 Å². The molecule has 0 radical (unpaired) electrons. The molecule has 0 aliphatic rings. The van der Waals surface area contributed by atoms with Gasteiger partial charge in [-0.05, 0) is 18.1 Å². The molecule has 0 saturated heterocycles. The Morgan fingerprint density at radius 3 is 2.84 bits per heavy atom. The number of benzene rings is 1. The van der Waals surface area contributed by atoms with Gasteiger partial charge in [0.15, 0.2) is 10.8 Å². The zero-order chi connectivity index (χ0) is 13.8. The van der Waals surface area contributed by atoms with E-state index in [1.807, 2.05) is 24.1 Å². The van der Waals surface area contributed by atoms with E-state index in [4.69, 9.17) is 0 Å². The van der Waals surface area contributed by atoms with Crippen molar-refractivity contribution in [3.63, 3.8) is 0 Å². The molecule has 2 rings (SSSR count). The molecule has 0 spiro atoms. The number of carbonyl (C=O) groups excluding carboxylic acids is 1. The van der Waals surface area contributed by atoms with E-state index in [2.05, 4.69) is 28.8 Å². The molecule has 1 aromatic carbocycles. The van der Waals surface area contributed by atoms with Gasteiger partial charge in [-0.2, -0.15) is 0 Å². The summed E-state index contributed by atoms with van der Waals surface area (Å²) in [7, 11) is 3.32. The maximum atomic E-state index is 11.4. The molecule has 19 heavy (non-hydrogen) atoms. The van der Waals surface area contributed by atoms with Crippen molar-refractivity contribution in [3.05, 3.63) is 46.5 Å². The lowest BCUT2D eigenvalue weighted by Gasteiger charge is -2.17. The largest absolute Gasteiger partial charge is 0.464 e. The summed E-state index contributed by atoms with van der Waals surface area (Å²) in [6.07, 6.45) is 0. The molecular weight excluding hydrogens is 260 g/mol. The summed E-state index contributed by atoms with van der Waals surface area (Å²) in [5, 5.41) is 2.53. The molecule has 0 N–H and O–H groups in total. The lowest BCUT2D eigenvalue weighted by atomic mass is 10.1. The van der Waals surface area contributed by atoms with Gasteiger partial charge in [0, 0.05) is 19.0 Å². The lowest BCUT2D eigenvalue weighted by Crippen LogP contribution is -2.17. The van der Waals surface area contributed by atoms with E-state index < -0.39 is 5.97 Å². The summed E-state index contributed by atoms with van der Waals surface area (Å²) in [6.45, 7) is 2.85. The molecule has 1 aromatic heterocycles. The van der Waals surface area contributed by atoms with Gasteiger partial charge in [-0.15, -0.1) is 11.3 Å². The summed E-state index contributed by atoms with van der Waals surface area (Å²) in [4.78, 5) is 17.7. The van der Waals surface area contributed by atoms with Gasteiger partial charge in [0.1, 0.15) is 0 Å². The number of anilines is 1. The lowest BCUT2D eigenvalue weighted by molar-refractivity contribution is 0.0595. The van der Waals surface area contributed by atoms with Crippen LogP contribution in [0.5, 0.6) is 0 Å². The first-order chi connectivity index (χ1) is 9.11. The fourth-order valence-electron chi connectivity index (χ4n) is 1.75. The van der Waals surface area contributed by atoms with Crippen LogP contribution in [0, 0.1) is 6.92 Å². The maximum Gasteiger partial charge on any atom is 0.357 e. The molecule has 0 atom stereocenters. The first kappa shape index (κ1) is 13.5. The Morgan fingerprint density at radius 1 is 1.42 bits per heavy atom. The molecule has 100 valence electrons. The van der Waals surface area contributed by atoms with Gasteiger partial charge in [-0.25, -0.2) is 9.78 Å². The Morgan fingerprint density at radius 2 is 2.16 bits per heavy atom. The van der Waals surface area contributed by atoms with Gasteiger partial charge in [-0.3, -0.25) is 0 Å². The van der Waals surface area contributed by atoms with Crippen LogP contribution in [0.15, 0.2) is 29.6 Å². The highest BCUT2D eigenvalue weighted by Gasteiger charge is 2.13. The third-order valence-electron chi connectivity index (χ3n) is 2.88. The molecule has 4 nitrogen and oxygen atoms in total. The minimum absolute atomic E-state index is 0.360. The maximum absolute atomic E-state index is 11.4. The van der Waals surface area contributed by atoms with Gasteiger partial charge < -0.3 is 9.64 Å². The van der Waals surface area contributed by atoms with E-state index in [9.17, 15) is 4.79 Å². The number of carbonyl (C=O) groups is 1. The summed E-state index contributed by atoms with van der Waals surface area (Å²) < 4.78 is 4.65. The summed E-state index contributed by atoms with van der Waals surface area (Å²) in [5.41, 5.74) is 2.86.